The highest BCUT2D eigenvalue weighted by Gasteiger charge is 2.13. The van der Waals surface area contributed by atoms with Crippen molar-refractivity contribution < 1.29 is 23.8 Å². The zero-order valence-electron chi connectivity index (χ0n) is 15.6. The number of hydrogen-bond donors (Lipinski definition) is 1. The van der Waals surface area contributed by atoms with Crippen molar-refractivity contribution in [3.63, 3.8) is 0 Å². The first-order valence-corrected chi connectivity index (χ1v) is 8.94. The summed E-state index contributed by atoms with van der Waals surface area (Å²) in [5, 5.41) is 2.78. The molecule has 0 aromatic heterocycles. The van der Waals surface area contributed by atoms with E-state index in [1.165, 1.54) is 0 Å². The highest BCUT2D eigenvalue weighted by atomic mass is 16.6. The molecule has 0 aliphatic carbocycles. The summed E-state index contributed by atoms with van der Waals surface area (Å²) in [4.78, 5) is 23.8. The number of carbonyl (C=O) groups excluding carboxylic acids is 2. The average molecular weight is 371 g/mol. The van der Waals surface area contributed by atoms with E-state index >= 15 is 0 Å². The molecule has 2 aromatic carbocycles. The van der Waals surface area contributed by atoms with Gasteiger partial charge in [0.1, 0.15) is 0 Å². The predicted octanol–water partition coefficient (Wildman–Crippen LogP) is 3.27. The van der Waals surface area contributed by atoms with Gasteiger partial charge in [0, 0.05) is 0 Å². The Labute approximate surface area is 159 Å². The van der Waals surface area contributed by atoms with E-state index in [-0.39, 0.29) is 25.2 Å². The van der Waals surface area contributed by atoms with Crippen LogP contribution in [0.2, 0.25) is 0 Å². The second-order valence-corrected chi connectivity index (χ2v) is 5.94. The van der Waals surface area contributed by atoms with Gasteiger partial charge < -0.3 is 19.5 Å². The maximum Gasteiger partial charge on any atom is 0.344 e. The topological polar surface area (TPSA) is 73.9 Å². The number of nitrogens with one attached hydrogen (secondary N) is 1. The van der Waals surface area contributed by atoms with E-state index in [9.17, 15) is 9.59 Å². The second kappa shape index (κ2) is 10.9. The van der Waals surface area contributed by atoms with Gasteiger partial charge >= 0.3 is 5.97 Å². The van der Waals surface area contributed by atoms with Crippen LogP contribution in [0, 0.1) is 0 Å². The molecule has 0 heterocycles. The highest BCUT2D eigenvalue weighted by Crippen LogP contribution is 2.26. The molecule has 2 rings (SSSR count). The average Bonchev–Trinajstić information content (AvgIpc) is 2.70. The predicted molar refractivity (Wildman–Crippen MR) is 102 cm³/mol. The van der Waals surface area contributed by atoms with Crippen molar-refractivity contribution in [1.82, 2.24) is 5.32 Å². The number of carbonyl (C=O) groups is 2. The molecule has 1 amide bonds. The van der Waals surface area contributed by atoms with E-state index in [0.717, 1.165) is 12.0 Å². The number of hydrogen-bond acceptors (Lipinski definition) is 5. The smallest absolute Gasteiger partial charge is 0.344 e. The van der Waals surface area contributed by atoms with Gasteiger partial charge in [-0.3, -0.25) is 4.79 Å². The molecule has 0 unspecified atom stereocenters. The zero-order chi connectivity index (χ0) is 19.5. The lowest BCUT2D eigenvalue weighted by atomic mass is 10.1. The van der Waals surface area contributed by atoms with Gasteiger partial charge in [-0.2, -0.15) is 0 Å². The molecule has 0 saturated carbocycles. The van der Waals surface area contributed by atoms with Crippen molar-refractivity contribution in [2.24, 2.45) is 0 Å². The third-order valence-electron chi connectivity index (χ3n) is 3.70. The molecule has 0 fully saturated rings. The maximum absolute atomic E-state index is 11.9. The molecule has 0 radical (unpaired) electrons. The van der Waals surface area contributed by atoms with Gasteiger partial charge in [-0.1, -0.05) is 49.4 Å². The summed E-state index contributed by atoms with van der Waals surface area (Å²) in [5.74, 6) is 0.0424. The minimum Gasteiger partial charge on any atom is -0.490 e. The molecule has 0 aliphatic rings. The highest BCUT2D eigenvalue weighted by molar-refractivity contribution is 5.81. The van der Waals surface area contributed by atoms with Crippen LogP contribution in [0.4, 0.5) is 0 Å². The Bertz CT molecular complexity index is 732. The summed E-state index contributed by atoms with van der Waals surface area (Å²) in [5.41, 5.74) is 0.976. The summed E-state index contributed by atoms with van der Waals surface area (Å²) >= 11 is 0. The maximum atomic E-state index is 11.9. The molecule has 0 spiro atoms. The van der Waals surface area contributed by atoms with Crippen molar-refractivity contribution in [2.45, 2.75) is 26.3 Å². The van der Waals surface area contributed by atoms with Crippen LogP contribution < -0.4 is 14.8 Å². The van der Waals surface area contributed by atoms with Crippen LogP contribution in [0.15, 0.2) is 54.6 Å². The van der Waals surface area contributed by atoms with Crippen molar-refractivity contribution in [3.8, 4) is 11.5 Å². The Kier molecular flexibility index (Phi) is 8.16. The number of amides is 1. The summed E-state index contributed by atoms with van der Waals surface area (Å²) in [7, 11) is 0. The largest absolute Gasteiger partial charge is 0.490 e. The summed E-state index contributed by atoms with van der Waals surface area (Å²) in [6.45, 7) is 3.78. The molecule has 144 valence electrons. The van der Waals surface area contributed by atoms with E-state index in [4.69, 9.17) is 14.2 Å². The van der Waals surface area contributed by atoms with Gasteiger partial charge in [0.05, 0.1) is 12.6 Å². The third-order valence-corrected chi connectivity index (χ3v) is 3.70. The monoisotopic (exact) mass is 371 g/mol. The van der Waals surface area contributed by atoms with Crippen LogP contribution in [-0.4, -0.2) is 31.7 Å². The van der Waals surface area contributed by atoms with Gasteiger partial charge in [-0.25, -0.2) is 4.79 Å². The van der Waals surface area contributed by atoms with Crippen LogP contribution in [0.25, 0.3) is 0 Å². The van der Waals surface area contributed by atoms with Crippen LogP contribution in [0.5, 0.6) is 11.5 Å². The Hall–Kier alpha value is -3.02. The first kappa shape index (κ1) is 20.3. The summed E-state index contributed by atoms with van der Waals surface area (Å²) < 4.78 is 16.0. The fraction of sp³-hybridized carbons (Fsp3) is 0.333. The molecule has 1 N–H and O–H groups in total. The molecule has 0 aliphatic heterocycles. The summed E-state index contributed by atoms with van der Waals surface area (Å²) in [6.07, 6.45) is 0.868. The number of esters is 1. The molecule has 0 saturated heterocycles. The van der Waals surface area contributed by atoms with Gasteiger partial charge in [0.25, 0.3) is 5.91 Å². The number of benzene rings is 2. The SMILES string of the molecule is CCCOc1ccccc1OCC(=O)OCC(=O)N[C@H](C)c1ccccc1. The van der Waals surface area contributed by atoms with Gasteiger partial charge in [-0.15, -0.1) is 0 Å². The molecule has 6 heteroatoms. The molecule has 0 bridgehead atoms. The quantitative estimate of drug-likeness (QED) is 0.649. The van der Waals surface area contributed by atoms with Crippen LogP contribution >= 0.6 is 0 Å². The van der Waals surface area contributed by atoms with E-state index in [1.54, 1.807) is 18.2 Å². The molecule has 6 nitrogen and oxygen atoms in total. The van der Waals surface area contributed by atoms with Gasteiger partial charge in [0.2, 0.25) is 0 Å². The lowest BCUT2D eigenvalue weighted by Crippen LogP contribution is -2.31. The van der Waals surface area contributed by atoms with E-state index in [1.807, 2.05) is 50.2 Å². The Morgan fingerprint density at radius 2 is 1.56 bits per heavy atom. The molecule has 2 aromatic rings. The lowest BCUT2D eigenvalue weighted by Gasteiger charge is -2.14. The second-order valence-electron chi connectivity index (χ2n) is 5.94. The van der Waals surface area contributed by atoms with Crippen LogP contribution in [-0.2, 0) is 14.3 Å². The molecule has 1 atom stereocenters. The minimum atomic E-state index is -0.622. The minimum absolute atomic E-state index is 0.170. The number of ether oxygens (including phenoxy) is 3. The molecular weight excluding hydrogens is 346 g/mol. The Morgan fingerprint density at radius 3 is 2.22 bits per heavy atom. The van der Waals surface area contributed by atoms with E-state index in [0.29, 0.717) is 18.1 Å². The fourth-order valence-electron chi connectivity index (χ4n) is 2.33. The normalized spacial score (nSPS) is 11.3. The zero-order valence-corrected chi connectivity index (χ0v) is 15.6. The Balaban J connectivity index is 1.74. The third kappa shape index (κ3) is 7.01. The van der Waals surface area contributed by atoms with Crippen molar-refractivity contribution in [2.75, 3.05) is 19.8 Å². The number of rotatable bonds is 10. The van der Waals surface area contributed by atoms with Crippen molar-refractivity contribution in [1.29, 1.82) is 0 Å². The Morgan fingerprint density at radius 1 is 0.926 bits per heavy atom. The first-order valence-electron chi connectivity index (χ1n) is 8.94. The van der Waals surface area contributed by atoms with E-state index < -0.39 is 5.97 Å². The van der Waals surface area contributed by atoms with E-state index in [2.05, 4.69) is 5.32 Å². The summed E-state index contributed by atoms with van der Waals surface area (Å²) in [6, 6.07) is 16.5. The van der Waals surface area contributed by atoms with Crippen LogP contribution in [0.1, 0.15) is 31.9 Å². The standard InChI is InChI=1S/C21H25NO5/c1-3-13-25-18-11-7-8-12-19(18)26-15-21(24)27-14-20(23)22-16(2)17-9-5-4-6-10-17/h4-12,16H,3,13-15H2,1-2H3,(H,22,23)/t16-/m1/s1. The van der Waals surface area contributed by atoms with Crippen LogP contribution in [0.3, 0.4) is 0 Å². The lowest BCUT2D eigenvalue weighted by molar-refractivity contribution is -0.150. The number of para-hydroxylation sites is 2. The van der Waals surface area contributed by atoms with Crippen molar-refractivity contribution in [3.05, 3.63) is 60.2 Å². The van der Waals surface area contributed by atoms with Crippen molar-refractivity contribution >= 4 is 11.9 Å². The van der Waals surface area contributed by atoms with Gasteiger partial charge in [-0.05, 0) is 31.0 Å². The van der Waals surface area contributed by atoms with Gasteiger partial charge in [0.15, 0.2) is 24.7 Å². The molecular formula is C21H25NO5. The fourth-order valence-corrected chi connectivity index (χ4v) is 2.33. The first-order chi connectivity index (χ1) is 13.1. The molecule has 27 heavy (non-hydrogen) atoms.